The van der Waals surface area contributed by atoms with Crippen LogP contribution in [0.5, 0.6) is 0 Å². The fourth-order valence-electron chi connectivity index (χ4n) is 4.38. The second kappa shape index (κ2) is 10.3. The van der Waals surface area contributed by atoms with Gasteiger partial charge < -0.3 is 15.5 Å². The first-order valence-electron chi connectivity index (χ1n) is 11.8. The molecule has 1 fully saturated rings. The van der Waals surface area contributed by atoms with Crippen LogP contribution in [0.1, 0.15) is 28.8 Å². The lowest BCUT2D eigenvalue weighted by molar-refractivity contribution is -0.138. The second-order valence-corrected chi connectivity index (χ2v) is 9.15. The van der Waals surface area contributed by atoms with Gasteiger partial charge in [-0.15, -0.1) is 0 Å². The molecule has 5 rings (SSSR count). The van der Waals surface area contributed by atoms with Crippen LogP contribution in [0.2, 0.25) is 0 Å². The molecule has 3 aromatic carbocycles. The SMILES string of the molecule is O=C(Nc1ccc(N2CCCC2)cc1)c1cccc(NC2=C(Cl)C(=O)N(Cc3ccccc3)C2=O)c1. The van der Waals surface area contributed by atoms with Crippen molar-refractivity contribution >= 4 is 46.4 Å². The average molecular weight is 501 g/mol. The summed E-state index contributed by atoms with van der Waals surface area (Å²) in [6.07, 6.45) is 2.41. The van der Waals surface area contributed by atoms with Crippen molar-refractivity contribution in [2.45, 2.75) is 19.4 Å². The van der Waals surface area contributed by atoms with Crippen molar-refractivity contribution in [2.24, 2.45) is 0 Å². The zero-order valence-corrected chi connectivity index (χ0v) is 20.3. The molecule has 2 aliphatic rings. The molecule has 0 radical (unpaired) electrons. The van der Waals surface area contributed by atoms with Crippen molar-refractivity contribution in [3.8, 4) is 0 Å². The monoisotopic (exact) mass is 500 g/mol. The Bertz CT molecular complexity index is 1330. The summed E-state index contributed by atoms with van der Waals surface area (Å²) < 4.78 is 0. The number of anilines is 3. The molecule has 0 atom stereocenters. The lowest BCUT2D eigenvalue weighted by Crippen LogP contribution is -2.31. The molecule has 8 heteroatoms. The van der Waals surface area contributed by atoms with Crippen molar-refractivity contribution in [1.29, 1.82) is 0 Å². The molecule has 36 heavy (non-hydrogen) atoms. The minimum absolute atomic E-state index is 0.00680. The molecule has 0 saturated carbocycles. The number of nitrogens with zero attached hydrogens (tertiary/aromatic N) is 2. The van der Waals surface area contributed by atoms with E-state index in [2.05, 4.69) is 15.5 Å². The van der Waals surface area contributed by atoms with Gasteiger partial charge in [0.15, 0.2) is 0 Å². The van der Waals surface area contributed by atoms with Crippen molar-refractivity contribution in [1.82, 2.24) is 4.90 Å². The van der Waals surface area contributed by atoms with Crippen LogP contribution in [0.25, 0.3) is 0 Å². The summed E-state index contributed by atoms with van der Waals surface area (Å²) in [6.45, 7) is 2.24. The second-order valence-electron chi connectivity index (χ2n) is 8.77. The summed E-state index contributed by atoms with van der Waals surface area (Å²) in [7, 11) is 0. The Kier molecular flexibility index (Phi) is 6.73. The summed E-state index contributed by atoms with van der Waals surface area (Å²) in [5.74, 6) is -1.35. The van der Waals surface area contributed by atoms with Gasteiger partial charge in [0.2, 0.25) is 0 Å². The number of carbonyl (C=O) groups excluding carboxylic acids is 3. The molecule has 182 valence electrons. The number of carbonyl (C=O) groups is 3. The topological polar surface area (TPSA) is 81.8 Å². The Morgan fingerprint density at radius 3 is 2.28 bits per heavy atom. The summed E-state index contributed by atoms with van der Waals surface area (Å²) in [4.78, 5) is 41.8. The van der Waals surface area contributed by atoms with Crippen LogP contribution < -0.4 is 15.5 Å². The smallest absolute Gasteiger partial charge is 0.279 e. The molecule has 0 bridgehead atoms. The van der Waals surface area contributed by atoms with E-state index in [1.165, 1.54) is 12.8 Å². The third-order valence-electron chi connectivity index (χ3n) is 6.29. The largest absolute Gasteiger partial charge is 0.372 e. The van der Waals surface area contributed by atoms with Gasteiger partial charge in [0.05, 0.1) is 6.54 Å². The molecule has 2 N–H and O–H groups in total. The number of imide groups is 1. The number of rotatable bonds is 7. The van der Waals surface area contributed by atoms with Gasteiger partial charge in [-0.25, -0.2) is 0 Å². The van der Waals surface area contributed by atoms with Crippen molar-refractivity contribution in [3.05, 3.63) is 101 Å². The highest BCUT2D eigenvalue weighted by Gasteiger charge is 2.37. The highest BCUT2D eigenvalue weighted by Crippen LogP contribution is 2.28. The zero-order valence-electron chi connectivity index (χ0n) is 19.5. The number of hydrogen-bond acceptors (Lipinski definition) is 5. The number of nitrogens with one attached hydrogen (secondary N) is 2. The molecule has 2 aliphatic heterocycles. The van der Waals surface area contributed by atoms with Crippen LogP contribution in [-0.4, -0.2) is 35.7 Å². The maximum absolute atomic E-state index is 12.9. The van der Waals surface area contributed by atoms with Gasteiger partial charge in [-0.05, 0) is 60.9 Å². The summed E-state index contributed by atoms with van der Waals surface area (Å²) in [5.41, 5.74) is 3.53. The van der Waals surface area contributed by atoms with Crippen molar-refractivity contribution < 1.29 is 14.4 Å². The van der Waals surface area contributed by atoms with Gasteiger partial charge in [0, 0.05) is 35.7 Å². The minimum atomic E-state index is -0.556. The molecule has 1 saturated heterocycles. The first-order chi connectivity index (χ1) is 17.5. The number of benzene rings is 3. The van der Waals surface area contributed by atoms with E-state index < -0.39 is 11.8 Å². The minimum Gasteiger partial charge on any atom is -0.372 e. The molecule has 3 aromatic rings. The van der Waals surface area contributed by atoms with E-state index in [9.17, 15) is 14.4 Å². The number of halogens is 1. The molecule has 3 amide bonds. The van der Waals surface area contributed by atoms with E-state index >= 15 is 0 Å². The summed E-state index contributed by atoms with van der Waals surface area (Å²) in [6, 6.07) is 23.7. The summed E-state index contributed by atoms with van der Waals surface area (Å²) in [5, 5.41) is 5.66. The first kappa shape index (κ1) is 23.6. The van der Waals surface area contributed by atoms with E-state index in [4.69, 9.17) is 11.6 Å². The normalized spacial score (nSPS) is 15.6. The summed E-state index contributed by atoms with van der Waals surface area (Å²) >= 11 is 6.23. The molecular formula is C28H25ClN4O3. The van der Waals surface area contributed by atoms with E-state index in [1.54, 1.807) is 24.3 Å². The molecule has 2 heterocycles. The Hall–Kier alpha value is -4.10. The molecule has 0 unspecified atom stereocenters. The Morgan fingerprint density at radius 2 is 1.56 bits per heavy atom. The van der Waals surface area contributed by atoms with Crippen LogP contribution in [-0.2, 0) is 16.1 Å². The predicted molar refractivity (Wildman–Crippen MR) is 141 cm³/mol. The van der Waals surface area contributed by atoms with Crippen LogP contribution in [0.15, 0.2) is 89.6 Å². The van der Waals surface area contributed by atoms with Gasteiger partial charge in [-0.3, -0.25) is 19.3 Å². The maximum atomic E-state index is 12.9. The predicted octanol–water partition coefficient (Wildman–Crippen LogP) is 4.97. The van der Waals surface area contributed by atoms with Gasteiger partial charge in [0.1, 0.15) is 10.7 Å². The van der Waals surface area contributed by atoms with Crippen LogP contribution in [0, 0.1) is 0 Å². The highest BCUT2D eigenvalue weighted by atomic mass is 35.5. The highest BCUT2D eigenvalue weighted by molar-refractivity contribution is 6.48. The van der Waals surface area contributed by atoms with Crippen LogP contribution >= 0.6 is 11.6 Å². The van der Waals surface area contributed by atoms with E-state index in [1.807, 2.05) is 54.6 Å². The fraction of sp³-hybridized carbons (Fsp3) is 0.179. The standard InChI is InChI=1S/C28H25ClN4O3/c29-24-25(28(36)33(27(24)35)18-19-7-2-1-3-8-19)30-22-10-6-9-20(17-22)26(34)31-21-11-13-23(14-12-21)32-15-4-5-16-32/h1-3,6-14,17,30H,4-5,15-16,18H2,(H,31,34). The average Bonchev–Trinajstić information content (AvgIpc) is 3.51. The van der Waals surface area contributed by atoms with E-state index in [-0.39, 0.29) is 23.2 Å². The lowest BCUT2D eigenvalue weighted by Gasteiger charge is -2.17. The first-order valence-corrected chi connectivity index (χ1v) is 12.2. The molecule has 0 aliphatic carbocycles. The maximum Gasteiger partial charge on any atom is 0.279 e. The quantitative estimate of drug-likeness (QED) is 0.448. The fourth-order valence-corrected chi connectivity index (χ4v) is 4.61. The van der Waals surface area contributed by atoms with Crippen molar-refractivity contribution in [2.75, 3.05) is 28.6 Å². The molecule has 0 aromatic heterocycles. The van der Waals surface area contributed by atoms with E-state index in [0.29, 0.717) is 16.9 Å². The van der Waals surface area contributed by atoms with Gasteiger partial charge in [0.25, 0.3) is 17.7 Å². The Balaban J connectivity index is 1.26. The Morgan fingerprint density at radius 1 is 0.833 bits per heavy atom. The van der Waals surface area contributed by atoms with Crippen molar-refractivity contribution in [3.63, 3.8) is 0 Å². The lowest BCUT2D eigenvalue weighted by atomic mass is 10.1. The number of amides is 3. The molecule has 7 nitrogen and oxygen atoms in total. The van der Waals surface area contributed by atoms with Gasteiger partial charge in [-0.2, -0.15) is 0 Å². The number of hydrogen-bond donors (Lipinski definition) is 2. The molecule has 0 spiro atoms. The van der Waals surface area contributed by atoms with Gasteiger partial charge in [-0.1, -0.05) is 48.0 Å². The molecular weight excluding hydrogens is 476 g/mol. The third-order valence-corrected chi connectivity index (χ3v) is 6.64. The van der Waals surface area contributed by atoms with Crippen LogP contribution in [0.4, 0.5) is 17.1 Å². The zero-order chi connectivity index (χ0) is 25.1. The van der Waals surface area contributed by atoms with E-state index in [0.717, 1.165) is 29.2 Å². The Labute approximate surface area is 214 Å². The van der Waals surface area contributed by atoms with Gasteiger partial charge >= 0.3 is 0 Å². The third kappa shape index (κ3) is 4.97. The van der Waals surface area contributed by atoms with Crippen LogP contribution in [0.3, 0.4) is 0 Å².